The van der Waals surface area contributed by atoms with E-state index < -0.39 is 11.1 Å². The third-order valence-corrected chi connectivity index (χ3v) is 3.79. The lowest BCUT2D eigenvalue weighted by molar-refractivity contribution is 0.126. The van der Waals surface area contributed by atoms with Crippen LogP contribution in [0, 0.1) is 0 Å². The summed E-state index contributed by atoms with van der Waals surface area (Å²) in [7, 11) is 0. The maximum atomic E-state index is 11.3. The zero-order valence-corrected chi connectivity index (χ0v) is 11.0. The molecule has 6 heteroatoms. The topological polar surface area (TPSA) is 98.0 Å². The molecule has 0 radical (unpaired) electrons. The molecule has 1 heterocycles. The van der Waals surface area contributed by atoms with Gasteiger partial charge in [-0.2, -0.15) is 0 Å². The second-order valence-corrected chi connectivity index (χ2v) is 5.32. The van der Waals surface area contributed by atoms with E-state index in [1.54, 1.807) is 6.07 Å². The van der Waals surface area contributed by atoms with Crippen LogP contribution in [0.15, 0.2) is 27.8 Å². The quantitative estimate of drug-likeness (QED) is 0.613. The molecule has 4 N–H and O–H groups in total. The number of nitrogens with one attached hydrogen (secondary N) is 3. The average Bonchev–Trinajstić information content (AvgIpc) is 2.43. The maximum Gasteiger partial charge on any atom is 0.314 e. The van der Waals surface area contributed by atoms with Crippen molar-refractivity contribution in [2.75, 3.05) is 5.32 Å². The van der Waals surface area contributed by atoms with E-state index in [0.29, 0.717) is 17.1 Å². The molecule has 1 aromatic heterocycles. The van der Waals surface area contributed by atoms with Gasteiger partial charge >= 0.3 is 11.1 Å². The Morgan fingerprint density at radius 2 is 1.65 bits per heavy atom. The molecular weight excluding hydrogens is 258 g/mol. The lowest BCUT2D eigenvalue weighted by Gasteiger charge is -2.27. The van der Waals surface area contributed by atoms with Gasteiger partial charge in [0, 0.05) is 11.7 Å². The van der Waals surface area contributed by atoms with E-state index in [1.165, 1.54) is 0 Å². The fraction of sp³-hybridized carbons (Fsp3) is 0.429. The van der Waals surface area contributed by atoms with Crippen molar-refractivity contribution in [3.05, 3.63) is 38.9 Å². The number of H-pyrrole nitrogens is 2. The minimum atomic E-state index is -0.643. The molecule has 0 aliphatic heterocycles. The Labute approximate surface area is 114 Å². The summed E-state index contributed by atoms with van der Waals surface area (Å²) in [6, 6.07) is 5.80. The van der Waals surface area contributed by atoms with Crippen molar-refractivity contribution in [3.63, 3.8) is 0 Å². The summed E-state index contributed by atoms with van der Waals surface area (Å²) in [4.78, 5) is 27.6. The molecule has 3 rings (SSSR count). The van der Waals surface area contributed by atoms with Gasteiger partial charge in [0.15, 0.2) is 0 Å². The zero-order chi connectivity index (χ0) is 14.1. The summed E-state index contributed by atoms with van der Waals surface area (Å²) < 4.78 is 0. The van der Waals surface area contributed by atoms with E-state index in [-0.39, 0.29) is 6.10 Å². The Kier molecular flexibility index (Phi) is 3.31. The van der Waals surface area contributed by atoms with E-state index in [0.717, 1.165) is 31.4 Å². The standard InChI is InChI=1S/C14H17N3O3/c18-10-4-1-8(2-5-10)15-9-3-6-11-12(7-9)17-14(20)13(19)16-11/h3,6-8,10,15,18H,1-2,4-5H2,(H,16,19)(H,17,20). The van der Waals surface area contributed by atoms with Crippen molar-refractivity contribution in [1.29, 1.82) is 0 Å². The normalized spacial score (nSPS) is 22.9. The predicted octanol–water partition coefficient (Wildman–Crippen LogP) is 0.932. The van der Waals surface area contributed by atoms with E-state index >= 15 is 0 Å². The molecule has 0 unspecified atom stereocenters. The summed E-state index contributed by atoms with van der Waals surface area (Å²) in [5.74, 6) is 0. The van der Waals surface area contributed by atoms with E-state index in [9.17, 15) is 14.7 Å². The third kappa shape index (κ3) is 2.60. The summed E-state index contributed by atoms with van der Waals surface area (Å²) >= 11 is 0. The van der Waals surface area contributed by atoms with Gasteiger partial charge in [0.1, 0.15) is 0 Å². The molecule has 0 saturated heterocycles. The van der Waals surface area contributed by atoms with Crippen LogP contribution in [0.1, 0.15) is 25.7 Å². The molecule has 1 saturated carbocycles. The number of benzene rings is 1. The van der Waals surface area contributed by atoms with Crippen LogP contribution in [0.5, 0.6) is 0 Å². The Morgan fingerprint density at radius 3 is 2.35 bits per heavy atom. The summed E-state index contributed by atoms with van der Waals surface area (Å²) in [6.45, 7) is 0. The van der Waals surface area contributed by atoms with Gasteiger partial charge in [-0.05, 0) is 43.9 Å². The first kappa shape index (κ1) is 12.9. The average molecular weight is 275 g/mol. The maximum absolute atomic E-state index is 11.3. The molecule has 2 aromatic rings. The number of rotatable bonds is 2. The van der Waals surface area contributed by atoms with Crippen molar-refractivity contribution in [2.45, 2.75) is 37.8 Å². The van der Waals surface area contributed by atoms with Crippen LogP contribution in [0.4, 0.5) is 5.69 Å². The first-order valence-corrected chi connectivity index (χ1v) is 6.83. The highest BCUT2D eigenvalue weighted by Crippen LogP contribution is 2.23. The molecule has 1 fully saturated rings. The third-order valence-electron chi connectivity index (χ3n) is 3.79. The highest BCUT2D eigenvalue weighted by molar-refractivity contribution is 5.78. The lowest BCUT2D eigenvalue weighted by atomic mass is 9.93. The molecule has 1 aliphatic rings. The van der Waals surface area contributed by atoms with Gasteiger partial charge in [-0.25, -0.2) is 0 Å². The van der Waals surface area contributed by atoms with Crippen LogP contribution in [0.2, 0.25) is 0 Å². The van der Waals surface area contributed by atoms with Crippen LogP contribution in [-0.2, 0) is 0 Å². The van der Waals surface area contributed by atoms with Crippen molar-refractivity contribution < 1.29 is 5.11 Å². The Morgan fingerprint density at radius 1 is 1.00 bits per heavy atom. The van der Waals surface area contributed by atoms with Crippen molar-refractivity contribution in [1.82, 2.24) is 9.97 Å². The molecule has 0 atom stereocenters. The van der Waals surface area contributed by atoms with Crippen molar-refractivity contribution >= 4 is 16.7 Å². The van der Waals surface area contributed by atoms with Gasteiger partial charge in [-0.1, -0.05) is 0 Å². The molecule has 6 nitrogen and oxygen atoms in total. The number of fused-ring (bicyclic) bond motifs is 1. The first-order chi connectivity index (χ1) is 9.61. The molecule has 1 aromatic carbocycles. The van der Waals surface area contributed by atoms with Gasteiger partial charge in [-0.3, -0.25) is 9.59 Å². The van der Waals surface area contributed by atoms with Gasteiger partial charge in [-0.15, -0.1) is 0 Å². The lowest BCUT2D eigenvalue weighted by Crippen LogP contribution is -2.29. The Bertz CT molecular complexity index is 726. The second-order valence-electron chi connectivity index (χ2n) is 5.32. The van der Waals surface area contributed by atoms with Gasteiger partial charge in [0.2, 0.25) is 0 Å². The molecule has 106 valence electrons. The monoisotopic (exact) mass is 275 g/mol. The number of anilines is 1. The Balaban J connectivity index is 1.84. The van der Waals surface area contributed by atoms with Gasteiger partial charge in [0.25, 0.3) is 0 Å². The number of aromatic amines is 2. The molecule has 0 bridgehead atoms. The fourth-order valence-electron chi connectivity index (χ4n) is 2.66. The largest absolute Gasteiger partial charge is 0.393 e. The summed E-state index contributed by atoms with van der Waals surface area (Å²) in [5, 5.41) is 12.9. The van der Waals surface area contributed by atoms with Gasteiger partial charge < -0.3 is 20.4 Å². The van der Waals surface area contributed by atoms with Gasteiger partial charge in [0.05, 0.1) is 17.1 Å². The predicted molar refractivity (Wildman–Crippen MR) is 77.1 cm³/mol. The molecule has 0 spiro atoms. The van der Waals surface area contributed by atoms with E-state index in [1.807, 2.05) is 12.1 Å². The molecule has 20 heavy (non-hydrogen) atoms. The van der Waals surface area contributed by atoms with Crippen molar-refractivity contribution in [2.24, 2.45) is 0 Å². The van der Waals surface area contributed by atoms with Crippen LogP contribution < -0.4 is 16.4 Å². The van der Waals surface area contributed by atoms with Crippen LogP contribution in [-0.4, -0.2) is 27.2 Å². The minimum Gasteiger partial charge on any atom is -0.393 e. The SMILES string of the molecule is O=c1[nH]c2ccc(NC3CCC(O)CC3)cc2[nH]c1=O. The highest BCUT2D eigenvalue weighted by Gasteiger charge is 2.19. The zero-order valence-electron chi connectivity index (χ0n) is 11.0. The number of hydrogen-bond donors (Lipinski definition) is 4. The number of aliphatic hydroxyl groups excluding tert-OH is 1. The number of hydrogen-bond acceptors (Lipinski definition) is 4. The molecular formula is C14H17N3O3. The highest BCUT2D eigenvalue weighted by atomic mass is 16.3. The fourth-order valence-corrected chi connectivity index (χ4v) is 2.66. The minimum absolute atomic E-state index is 0.175. The first-order valence-electron chi connectivity index (χ1n) is 6.83. The number of aromatic nitrogens is 2. The molecule has 0 amide bonds. The van der Waals surface area contributed by atoms with Crippen LogP contribution >= 0.6 is 0 Å². The van der Waals surface area contributed by atoms with E-state index in [2.05, 4.69) is 15.3 Å². The summed E-state index contributed by atoms with van der Waals surface area (Å²) in [5.41, 5.74) is 0.839. The van der Waals surface area contributed by atoms with E-state index in [4.69, 9.17) is 0 Å². The van der Waals surface area contributed by atoms with Crippen LogP contribution in [0.25, 0.3) is 11.0 Å². The van der Waals surface area contributed by atoms with Crippen molar-refractivity contribution in [3.8, 4) is 0 Å². The smallest absolute Gasteiger partial charge is 0.314 e. The van der Waals surface area contributed by atoms with Crippen LogP contribution in [0.3, 0.4) is 0 Å². The number of aliphatic hydroxyl groups is 1. The summed E-state index contributed by atoms with van der Waals surface area (Å²) in [6.07, 6.45) is 3.32. The second kappa shape index (κ2) is 5.13. The molecule has 1 aliphatic carbocycles. The Hall–Kier alpha value is -2.08.